The molecule has 0 saturated carbocycles. The minimum atomic E-state index is -0.0314. The number of rotatable bonds is 5. The maximum Gasteiger partial charge on any atom is 0.226 e. The van der Waals surface area contributed by atoms with Crippen LogP contribution < -0.4 is 11.1 Å². The number of aryl methyl sites for hydroxylation is 2. The fourth-order valence-electron chi connectivity index (χ4n) is 1.95. The fourth-order valence-corrected chi connectivity index (χ4v) is 1.95. The van der Waals surface area contributed by atoms with Gasteiger partial charge in [0, 0.05) is 23.7 Å². The van der Waals surface area contributed by atoms with Gasteiger partial charge in [0.05, 0.1) is 5.69 Å². The van der Waals surface area contributed by atoms with E-state index in [4.69, 9.17) is 10.2 Å². The summed E-state index contributed by atoms with van der Waals surface area (Å²) in [7, 11) is 0. The topological polar surface area (TPSA) is 81.2 Å². The van der Waals surface area contributed by atoms with E-state index in [9.17, 15) is 4.79 Å². The predicted octanol–water partition coefficient (Wildman–Crippen LogP) is 3.02. The summed E-state index contributed by atoms with van der Waals surface area (Å²) in [5.74, 6) is 0.523. The van der Waals surface area contributed by atoms with Crippen molar-refractivity contribution in [3.05, 3.63) is 35.7 Å². The maximum atomic E-state index is 11.9. The molecule has 5 heteroatoms. The van der Waals surface area contributed by atoms with E-state index in [1.807, 2.05) is 39.0 Å². The third-order valence-electron chi connectivity index (χ3n) is 3.20. The molecule has 1 amide bonds. The third-order valence-corrected chi connectivity index (χ3v) is 3.20. The number of nitrogens with one attached hydrogen (secondary N) is 1. The summed E-state index contributed by atoms with van der Waals surface area (Å²) in [5.41, 5.74) is 9.11. The van der Waals surface area contributed by atoms with Gasteiger partial charge in [-0.15, -0.1) is 0 Å². The molecule has 1 aromatic heterocycles. The van der Waals surface area contributed by atoms with E-state index in [1.165, 1.54) is 0 Å². The lowest BCUT2D eigenvalue weighted by Gasteiger charge is -2.10. The molecule has 5 nitrogen and oxygen atoms in total. The summed E-state index contributed by atoms with van der Waals surface area (Å²) < 4.78 is 5.39. The van der Waals surface area contributed by atoms with Gasteiger partial charge >= 0.3 is 0 Å². The first-order chi connectivity index (χ1) is 9.95. The Hall–Kier alpha value is -2.14. The average molecular weight is 287 g/mol. The molecule has 0 aliphatic carbocycles. The molecule has 0 radical (unpaired) electrons. The third kappa shape index (κ3) is 4.16. The molecule has 1 heterocycles. The van der Waals surface area contributed by atoms with Crippen LogP contribution in [0.5, 0.6) is 0 Å². The van der Waals surface area contributed by atoms with Crippen molar-refractivity contribution < 1.29 is 9.21 Å². The number of carbonyl (C=O) groups is 1. The standard InChI is InChI=1S/C16H21N3O2/c1-10-4-6-13(16-18-12(3)9-21-16)8-14(10)19-15(20)7-5-11(2)17/h4,6,8-9,11H,5,7,17H2,1-3H3,(H,19,20). The van der Waals surface area contributed by atoms with Gasteiger partial charge in [0.2, 0.25) is 11.8 Å². The van der Waals surface area contributed by atoms with E-state index in [1.54, 1.807) is 6.26 Å². The van der Waals surface area contributed by atoms with E-state index >= 15 is 0 Å². The van der Waals surface area contributed by atoms with Gasteiger partial charge in [-0.25, -0.2) is 4.98 Å². The number of hydrogen-bond donors (Lipinski definition) is 2. The average Bonchev–Trinajstić information content (AvgIpc) is 2.85. The van der Waals surface area contributed by atoms with Gasteiger partial charge in [0.15, 0.2) is 0 Å². The van der Waals surface area contributed by atoms with Crippen LogP contribution in [0.4, 0.5) is 5.69 Å². The Balaban J connectivity index is 2.14. The lowest BCUT2D eigenvalue weighted by molar-refractivity contribution is -0.116. The van der Waals surface area contributed by atoms with Crippen molar-refractivity contribution in [2.24, 2.45) is 5.73 Å². The van der Waals surface area contributed by atoms with Crippen LogP contribution in [0.25, 0.3) is 11.5 Å². The van der Waals surface area contributed by atoms with Crippen molar-refractivity contribution in [1.29, 1.82) is 0 Å². The second-order valence-corrected chi connectivity index (χ2v) is 5.39. The molecule has 1 aromatic carbocycles. The molecule has 0 spiro atoms. The Morgan fingerprint density at radius 3 is 2.81 bits per heavy atom. The molecule has 0 aliphatic rings. The van der Waals surface area contributed by atoms with E-state index in [0.717, 1.165) is 22.5 Å². The minimum absolute atomic E-state index is 0.0264. The zero-order chi connectivity index (χ0) is 15.4. The molecule has 112 valence electrons. The van der Waals surface area contributed by atoms with Crippen LogP contribution >= 0.6 is 0 Å². The number of anilines is 1. The quantitative estimate of drug-likeness (QED) is 0.885. The number of carbonyl (C=O) groups excluding carboxylic acids is 1. The summed E-state index contributed by atoms with van der Waals surface area (Å²) in [6, 6.07) is 5.78. The molecule has 0 bridgehead atoms. The Labute approximate surface area is 124 Å². The number of nitrogens with zero attached hydrogens (tertiary/aromatic N) is 1. The summed E-state index contributed by atoms with van der Waals surface area (Å²) in [4.78, 5) is 16.2. The number of aromatic nitrogens is 1. The van der Waals surface area contributed by atoms with Gasteiger partial charge in [-0.1, -0.05) is 6.07 Å². The molecular weight excluding hydrogens is 266 g/mol. The lowest BCUT2D eigenvalue weighted by atomic mass is 10.1. The summed E-state index contributed by atoms with van der Waals surface area (Å²) >= 11 is 0. The Kier molecular flexibility index (Phi) is 4.75. The molecule has 1 unspecified atom stereocenters. The smallest absolute Gasteiger partial charge is 0.226 e. The predicted molar refractivity (Wildman–Crippen MR) is 82.9 cm³/mol. The SMILES string of the molecule is Cc1coc(-c2ccc(C)c(NC(=O)CCC(C)N)c2)n1. The van der Waals surface area contributed by atoms with Gasteiger partial charge < -0.3 is 15.5 Å². The highest BCUT2D eigenvalue weighted by Gasteiger charge is 2.10. The fraction of sp³-hybridized carbons (Fsp3) is 0.375. The Morgan fingerprint density at radius 1 is 1.43 bits per heavy atom. The van der Waals surface area contributed by atoms with E-state index < -0.39 is 0 Å². The molecule has 0 aliphatic heterocycles. The first kappa shape index (κ1) is 15.3. The normalized spacial score (nSPS) is 12.2. The van der Waals surface area contributed by atoms with Crippen molar-refractivity contribution in [3.8, 4) is 11.5 Å². The van der Waals surface area contributed by atoms with E-state index in [-0.39, 0.29) is 11.9 Å². The van der Waals surface area contributed by atoms with Gasteiger partial charge in [0.1, 0.15) is 6.26 Å². The number of oxazole rings is 1. The van der Waals surface area contributed by atoms with Crippen molar-refractivity contribution in [2.45, 2.75) is 39.7 Å². The largest absolute Gasteiger partial charge is 0.444 e. The molecule has 2 rings (SSSR count). The van der Waals surface area contributed by atoms with Crippen molar-refractivity contribution >= 4 is 11.6 Å². The Morgan fingerprint density at radius 2 is 2.19 bits per heavy atom. The van der Waals surface area contributed by atoms with Gasteiger partial charge in [-0.3, -0.25) is 4.79 Å². The molecule has 3 N–H and O–H groups in total. The van der Waals surface area contributed by atoms with Crippen LogP contribution in [0.15, 0.2) is 28.9 Å². The zero-order valence-corrected chi connectivity index (χ0v) is 12.6. The van der Waals surface area contributed by atoms with Crippen LogP contribution in [0, 0.1) is 13.8 Å². The van der Waals surface area contributed by atoms with Crippen molar-refractivity contribution in [1.82, 2.24) is 4.98 Å². The monoisotopic (exact) mass is 287 g/mol. The zero-order valence-electron chi connectivity index (χ0n) is 12.6. The van der Waals surface area contributed by atoms with Crippen LogP contribution in [0.2, 0.25) is 0 Å². The molecule has 21 heavy (non-hydrogen) atoms. The van der Waals surface area contributed by atoms with Crippen LogP contribution in [0.3, 0.4) is 0 Å². The summed E-state index contributed by atoms with van der Waals surface area (Å²) in [6.07, 6.45) is 2.69. The second-order valence-electron chi connectivity index (χ2n) is 5.39. The van der Waals surface area contributed by atoms with Crippen LogP contribution in [0.1, 0.15) is 31.0 Å². The Bertz CT molecular complexity index is 632. The molecule has 2 aromatic rings. The second kappa shape index (κ2) is 6.54. The van der Waals surface area contributed by atoms with E-state index in [2.05, 4.69) is 10.3 Å². The number of benzene rings is 1. The number of hydrogen-bond acceptors (Lipinski definition) is 4. The molecular formula is C16H21N3O2. The maximum absolute atomic E-state index is 11.9. The summed E-state index contributed by atoms with van der Waals surface area (Å²) in [6.45, 7) is 5.72. The number of amides is 1. The first-order valence-corrected chi connectivity index (χ1v) is 7.04. The first-order valence-electron chi connectivity index (χ1n) is 7.04. The molecule has 0 fully saturated rings. The van der Waals surface area contributed by atoms with Crippen molar-refractivity contribution in [3.63, 3.8) is 0 Å². The van der Waals surface area contributed by atoms with Gasteiger partial charge in [-0.2, -0.15) is 0 Å². The minimum Gasteiger partial charge on any atom is -0.444 e. The highest BCUT2D eigenvalue weighted by Crippen LogP contribution is 2.25. The molecule has 0 saturated heterocycles. The number of nitrogens with two attached hydrogens (primary N) is 1. The van der Waals surface area contributed by atoms with Crippen LogP contribution in [-0.4, -0.2) is 16.9 Å². The lowest BCUT2D eigenvalue weighted by Crippen LogP contribution is -2.19. The van der Waals surface area contributed by atoms with Gasteiger partial charge in [-0.05, 0) is 44.9 Å². The highest BCUT2D eigenvalue weighted by atomic mass is 16.3. The van der Waals surface area contributed by atoms with Crippen LogP contribution in [-0.2, 0) is 4.79 Å². The highest BCUT2D eigenvalue weighted by molar-refractivity contribution is 5.92. The molecule has 1 atom stereocenters. The van der Waals surface area contributed by atoms with Crippen molar-refractivity contribution in [2.75, 3.05) is 5.32 Å². The van der Waals surface area contributed by atoms with E-state index in [0.29, 0.717) is 18.7 Å². The summed E-state index contributed by atoms with van der Waals surface area (Å²) in [5, 5.41) is 2.92. The van der Waals surface area contributed by atoms with Gasteiger partial charge in [0.25, 0.3) is 0 Å².